The third kappa shape index (κ3) is 1.97. The Bertz CT molecular complexity index is 403. The molecule has 2 heterocycles. The van der Waals surface area contributed by atoms with Crippen LogP contribution in [0.2, 0.25) is 0 Å². The molecule has 1 N–H and O–H groups in total. The van der Waals surface area contributed by atoms with Crippen LogP contribution in [0.15, 0.2) is 4.79 Å². The predicted molar refractivity (Wildman–Crippen MR) is 60.7 cm³/mol. The van der Waals surface area contributed by atoms with Gasteiger partial charge in [0.15, 0.2) is 0 Å². The van der Waals surface area contributed by atoms with Crippen molar-refractivity contribution in [2.24, 2.45) is 7.05 Å². The van der Waals surface area contributed by atoms with E-state index in [1.165, 1.54) is 4.68 Å². The van der Waals surface area contributed by atoms with Gasteiger partial charge in [0.25, 0.3) is 0 Å². The van der Waals surface area contributed by atoms with E-state index in [9.17, 15) is 4.79 Å². The molecular formula is C10H18N4O2. The molecule has 6 nitrogen and oxygen atoms in total. The topological polar surface area (TPSA) is 61.1 Å². The van der Waals surface area contributed by atoms with Crippen LogP contribution in [0, 0.1) is 0 Å². The fourth-order valence-corrected chi connectivity index (χ4v) is 1.89. The summed E-state index contributed by atoms with van der Waals surface area (Å²) in [4.78, 5) is 11.9. The second-order valence-electron chi connectivity index (χ2n) is 4.04. The van der Waals surface area contributed by atoms with Crippen LogP contribution in [0.25, 0.3) is 0 Å². The maximum atomic E-state index is 11.9. The number of rotatable bonds is 4. The molecule has 90 valence electrons. The molecule has 0 bridgehead atoms. The van der Waals surface area contributed by atoms with Crippen molar-refractivity contribution in [3.63, 3.8) is 0 Å². The number of nitrogens with one attached hydrogen (secondary N) is 1. The van der Waals surface area contributed by atoms with Crippen LogP contribution < -0.4 is 11.0 Å². The smallest absolute Gasteiger partial charge is 0.347 e. The fraction of sp³-hybridized carbons (Fsp3) is 0.800. The molecule has 1 fully saturated rings. The number of hydrogen-bond acceptors (Lipinski definition) is 4. The Morgan fingerprint density at radius 2 is 2.44 bits per heavy atom. The van der Waals surface area contributed by atoms with E-state index in [1.807, 2.05) is 0 Å². The summed E-state index contributed by atoms with van der Waals surface area (Å²) in [7, 11) is 1.67. The number of anilines is 1. The van der Waals surface area contributed by atoms with Crippen molar-refractivity contribution < 1.29 is 4.74 Å². The third-order valence-corrected chi connectivity index (χ3v) is 2.76. The van der Waals surface area contributed by atoms with Gasteiger partial charge in [-0.2, -0.15) is 0 Å². The first kappa shape index (κ1) is 11.2. The molecule has 1 aromatic rings. The standard InChI is InChI=1S/C10H18N4O2/c1-3-5-11-9-12-13(2)10(15)14(9)8-4-6-16-7-8/h8H,3-7H2,1-2H3,(H,11,12). The molecule has 0 aliphatic carbocycles. The SMILES string of the molecule is CCCNc1nn(C)c(=O)n1C1CCOC1. The highest BCUT2D eigenvalue weighted by atomic mass is 16.5. The number of ether oxygens (including phenoxy) is 1. The number of aryl methyl sites for hydroxylation is 1. The molecule has 0 amide bonds. The molecular weight excluding hydrogens is 208 g/mol. The molecule has 1 unspecified atom stereocenters. The molecule has 1 saturated heterocycles. The van der Waals surface area contributed by atoms with Gasteiger partial charge in [-0.3, -0.25) is 4.57 Å². The van der Waals surface area contributed by atoms with Crippen LogP contribution in [-0.4, -0.2) is 34.1 Å². The van der Waals surface area contributed by atoms with Gasteiger partial charge in [-0.25, -0.2) is 9.48 Å². The average molecular weight is 226 g/mol. The van der Waals surface area contributed by atoms with E-state index in [0.29, 0.717) is 12.6 Å². The maximum Gasteiger partial charge on any atom is 0.347 e. The second kappa shape index (κ2) is 4.69. The van der Waals surface area contributed by atoms with Gasteiger partial charge >= 0.3 is 5.69 Å². The van der Waals surface area contributed by atoms with Gasteiger partial charge in [0.05, 0.1) is 12.6 Å². The van der Waals surface area contributed by atoms with Crippen molar-refractivity contribution >= 4 is 5.95 Å². The minimum Gasteiger partial charge on any atom is -0.379 e. The van der Waals surface area contributed by atoms with E-state index < -0.39 is 0 Å². The lowest BCUT2D eigenvalue weighted by atomic mass is 10.2. The first-order valence-electron chi connectivity index (χ1n) is 5.71. The third-order valence-electron chi connectivity index (χ3n) is 2.76. The number of hydrogen-bond donors (Lipinski definition) is 1. The Morgan fingerprint density at radius 3 is 3.06 bits per heavy atom. The maximum absolute atomic E-state index is 11.9. The van der Waals surface area contributed by atoms with Gasteiger partial charge < -0.3 is 10.1 Å². The summed E-state index contributed by atoms with van der Waals surface area (Å²) in [5.74, 6) is 0.657. The minimum atomic E-state index is -0.0749. The second-order valence-corrected chi connectivity index (χ2v) is 4.04. The highest BCUT2D eigenvalue weighted by Crippen LogP contribution is 2.19. The summed E-state index contributed by atoms with van der Waals surface area (Å²) in [5, 5.41) is 7.37. The van der Waals surface area contributed by atoms with Crippen molar-refractivity contribution in [1.29, 1.82) is 0 Å². The lowest BCUT2D eigenvalue weighted by Crippen LogP contribution is -2.27. The molecule has 16 heavy (non-hydrogen) atoms. The molecule has 0 spiro atoms. The average Bonchev–Trinajstić information content (AvgIpc) is 2.86. The van der Waals surface area contributed by atoms with Gasteiger partial charge in [-0.05, 0) is 12.8 Å². The van der Waals surface area contributed by atoms with Gasteiger partial charge in [0.2, 0.25) is 5.95 Å². The highest BCUT2D eigenvalue weighted by molar-refractivity contribution is 5.24. The van der Waals surface area contributed by atoms with E-state index >= 15 is 0 Å². The van der Waals surface area contributed by atoms with Gasteiger partial charge in [-0.15, -0.1) is 5.10 Å². The lowest BCUT2D eigenvalue weighted by Gasteiger charge is -2.11. The Kier molecular flexibility index (Phi) is 3.28. The molecule has 1 aromatic heterocycles. The van der Waals surface area contributed by atoms with Crippen LogP contribution in [-0.2, 0) is 11.8 Å². The Labute approximate surface area is 94.2 Å². The van der Waals surface area contributed by atoms with Crippen molar-refractivity contribution in [3.05, 3.63) is 10.5 Å². The normalized spacial score (nSPS) is 20.2. The van der Waals surface area contributed by atoms with Crippen molar-refractivity contribution in [2.45, 2.75) is 25.8 Å². The molecule has 0 radical (unpaired) electrons. The summed E-state index contributed by atoms with van der Waals surface area (Å²) in [6.07, 6.45) is 1.89. The molecule has 0 aromatic carbocycles. The lowest BCUT2D eigenvalue weighted by molar-refractivity contribution is 0.186. The monoisotopic (exact) mass is 226 g/mol. The molecule has 1 atom stereocenters. The Hall–Kier alpha value is -1.30. The van der Waals surface area contributed by atoms with Crippen molar-refractivity contribution in [2.75, 3.05) is 25.1 Å². The van der Waals surface area contributed by atoms with Crippen molar-refractivity contribution in [1.82, 2.24) is 14.3 Å². The van der Waals surface area contributed by atoms with Crippen LogP contribution in [0.4, 0.5) is 5.95 Å². The van der Waals surface area contributed by atoms with Crippen LogP contribution in [0.3, 0.4) is 0 Å². The Balaban J connectivity index is 2.28. The highest BCUT2D eigenvalue weighted by Gasteiger charge is 2.23. The molecule has 6 heteroatoms. The summed E-state index contributed by atoms with van der Waals surface area (Å²) in [5.41, 5.74) is -0.0749. The summed E-state index contributed by atoms with van der Waals surface area (Å²) in [6.45, 7) is 4.23. The molecule has 2 rings (SSSR count). The quantitative estimate of drug-likeness (QED) is 0.805. The summed E-state index contributed by atoms with van der Waals surface area (Å²) >= 11 is 0. The molecule has 1 aliphatic rings. The summed E-state index contributed by atoms with van der Waals surface area (Å²) in [6, 6.07) is 0.126. The van der Waals surface area contributed by atoms with Gasteiger partial charge in [0.1, 0.15) is 0 Å². The van der Waals surface area contributed by atoms with E-state index in [2.05, 4.69) is 17.3 Å². The van der Waals surface area contributed by atoms with Crippen LogP contribution in [0.1, 0.15) is 25.8 Å². The van der Waals surface area contributed by atoms with Crippen LogP contribution in [0.5, 0.6) is 0 Å². The first-order chi connectivity index (χ1) is 7.74. The zero-order valence-corrected chi connectivity index (χ0v) is 9.77. The molecule has 1 aliphatic heterocycles. The van der Waals surface area contributed by atoms with E-state index in [1.54, 1.807) is 11.6 Å². The summed E-state index contributed by atoms with van der Waals surface area (Å²) < 4.78 is 8.39. The zero-order chi connectivity index (χ0) is 11.5. The zero-order valence-electron chi connectivity index (χ0n) is 9.77. The molecule has 0 saturated carbocycles. The van der Waals surface area contributed by atoms with E-state index in [-0.39, 0.29) is 11.7 Å². The number of nitrogens with zero attached hydrogens (tertiary/aromatic N) is 3. The van der Waals surface area contributed by atoms with Crippen molar-refractivity contribution in [3.8, 4) is 0 Å². The van der Waals surface area contributed by atoms with Crippen LogP contribution >= 0.6 is 0 Å². The largest absolute Gasteiger partial charge is 0.379 e. The minimum absolute atomic E-state index is 0.0749. The van der Waals surface area contributed by atoms with Gasteiger partial charge in [-0.1, -0.05) is 6.92 Å². The number of aromatic nitrogens is 3. The van der Waals surface area contributed by atoms with E-state index in [0.717, 1.165) is 26.0 Å². The fourth-order valence-electron chi connectivity index (χ4n) is 1.89. The Morgan fingerprint density at radius 1 is 1.62 bits per heavy atom. The van der Waals surface area contributed by atoms with Gasteiger partial charge in [0, 0.05) is 20.2 Å². The van der Waals surface area contributed by atoms with E-state index in [4.69, 9.17) is 4.74 Å². The first-order valence-corrected chi connectivity index (χ1v) is 5.71. The predicted octanol–water partition coefficient (Wildman–Crippen LogP) is 0.365.